The van der Waals surface area contributed by atoms with Crippen LogP contribution in [0.3, 0.4) is 0 Å². The number of nitrogens with zero attached hydrogens (tertiary/aromatic N) is 1. The maximum absolute atomic E-state index is 6.17. The number of alkyl halides is 1. The lowest BCUT2D eigenvalue weighted by atomic mass is 10.3. The van der Waals surface area contributed by atoms with Crippen molar-refractivity contribution in [3.63, 3.8) is 0 Å². The van der Waals surface area contributed by atoms with Gasteiger partial charge in [0.2, 0.25) is 0 Å². The zero-order valence-corrected chi connectivity index (χ0v) is 9.87. The van der Waals surface area contributed by atoms with Crippen LogP contribution in [0, 0.1) is 12.8 Å². The van der Waals surface area contributed by atoms with Crippen LogP contribution in [0.4, 0.5) is 0 Å². The number of nitrogens with one attached hydrogen (secondary N) is 1. The van der Waals surface area contributed by atoms with E-state index in [0.717, 1.165) is 29.7 Å². The summed E-state index contributed by atoms with van der Waals surface area (Å²) < 4.78 is 0. The topological polar surface area (TPSA) is 24.9 Å². The summed E-state index contributed by atoms with van der Waals surface area (Å²) in [5, 5.41) is 6.90. The number of aryl methyl sites for hydroxylation is 1. The molecule has 0 bridgehead atoms. The van der Waals surface area contributed by atoms with E-state index in [1.165, 1.54) is 12.8 Å². The fourth-order valence-corrected chi connectivity index (χ4v) is 2.53. The fourth-order valence-electron chi connectivity index (χ4n) is 1.43. The maximum atomic E-state index is 6.17. The molecule has 1 saturated carbocycles. The lowest BCUT2D eigenvalue weighted by molar-refractivity contribution is 0.618. The second kappa shape index (κ2) is 4.60. The van der Waals surface area contributed by atoms with Crippen LogP contribution in [0.2, 0.25) is 0 Å². The van der Waals surface area contributed by atoms with Crippen molar-refractivity contribution >= 4 is 22.9 Å². The first kappa shape index (κ1) is 10.4. The fraction of sp³-hybridized carbons (Fsp3) is 0.700. The van der Waals surface area contributed by atoms with Gasteiger partial charge in [0.25, 0.3) is 0 Å². The molecule has 0 saturated heterocycles. The van der Waals surface area contributed by atoms with Gasteiger partial charge in [-0.25, -0.2) is 4.98 Å². The summed E-state index contributed by atoms with van der Waals surface area (Å²) in [5.41, 5.74) is 1.11. The Labute approximate surface area is 93.7 Å². The summed E-state index contributed by atoms with van der Waals surface area (Å²) in [6, 6.07) is 0. The highest BCUT2D eigenvalue weighted by Gasteiger charge is 2.29. The van der Waals surface area contributed by atoms with Gasteiger partial charge in [0.15, 0.2) is 0 Å². The van der Waals surface area contributed by atoms with Crippen molar-refractivity contribution in [2.75, 3.05) is 6.54 Å². The Hall–Kier alpha value is -0.120. The molecule has 1 aliphatic rings. The second-order valence-electron chi connectivity index (χ2n) is 3.87. The monoisotopic (exact) mass is 230 g/mol. The van der Waals surface area contributed by atoms with Gasteiger partial charge in [-0.1, -0.05) is 0 Å². The number of halogens is 1. The first-order valence-corrected chi connectivity index (χ1v) is 6.33. The Balaban J connectivity index is 1.67. The molecule has 0 aromatic carbocycles. The van der Waals surface area contributed by atoms with Crippen molar-refractivity contribution in [3.05, 3.63) is 16.1 Å². The third-order valence-corrected chi connectivity index (χ3v) is 3.89. The third kappa shape index (κ3) is 2.94. The average molecular weight is 231 g/mol. The summed E-state index contributed by atoms with van der Waals surface area (Å²) in [6.45, 7) is 3.79. The van der Waals surface area contributed by atoms with E-state index in [9.17, 15) is 0 Å². The first-order chi connectivity index (χ1) is 6.75. The van der Waals surface area contributed by atoms with Crippen molar-refractivity contribution < 1.29 is 0 Å². The van der Waals surface area contributed by atoms with Crippen molar-refractivity contribution in [1.29, 1.82) is 0 Å². The zero-order valence-electron chi connectivity index (χ0n) is 8.29. The summed E-state index contributed by atoms with van der Waals surface area (Å²) in [4.78, 5) is 4.38. The smallest absolute Gasteiger partial charge is 0.107 e. The Bertz CT molecular complexity index is 296. The van der Waals surface area contributed by atoms with Crippen LogP contribution in [-0.4, -0.2) is 16.9 Å². The van der Waals surface area contributed by atoms with Gasteiger partial charge in [-0.2, -0.15) is 0 Å². The molecule has 0 aliphatic heterocycles. The molecule has 1 N–H and O–H groups in total. The van der Waals surface area contributed by atoms with E-state index in [4.69, 9.17) is 11.6 Å². The molecule has 1 aliphatic carbocycles. The van der Waals surface area contributed by atoms with Crippen molar-refractivity contribution in [1.82, 2.24) is 10.3 Å². The average Bonchev–Trinajstić information content (AvgIpc) is 2.92. The molecule has 2 rings (SSSR count). The minimum atomic E-state index is 0.316. The molecule has 0 amide bonds. The highest BCUT2D eigenvalue weighted by atomic mass is 35.5. The number of thiazole rings is 1. The highest BCUT2D eigenvalue weighted by molar-refractivity contribution is 7.09. The van der Waals surface area contributed by atoms with Gasteiger partial charge >= 0.3 is 0 Å². The van der Waals surface area contributed by atoms with E-state index < -0.39 is 0 Å². The van der Waals surface area contributed by atoms with Crippen LogP contribution >= 0.6 is 22.9 Å². The van der Waals surface area contributed by atoms with Crippen molar-refractivity contribution in [3.8, 4) is 0 Å². The van der Waals surface area contributed by atoms with Gasteiger partial charge in [0.1, 0.15) is 5.01 Å². The molecular weight excluding hydrogens is 216 g/mol. The van der Waals surface area contributed by atoms with Gasteiger partial charge in [0.05, 0.1) is 0 Å². The van der Waals surface area contributed by atoms with E-state index >= 15 is 0 Å². The minimum Gasteiger partial charge on any atom is -0.309 e. The molecule has 1 aromatic rings. The van der Waals surface area contributed by atoms with Crippen LogP contribution in [0.15, 0.2) is 5.38 Å². The molecule has 2 nitrogen and oxygen atoms in total. The molecule has 0 radical (unpaired) electrons. The van der Waals surface area contributed by atoms with E-state index in [1.54, 1.807) is 11.3 Å². The van der Waals surface area contributed by atoms with E-state index in [-0.39, 0.29) is 0 Å². The molecular formula is C10H15ClN2S. The van der Waals surface area contributed by atoms with E-state index in [2.05, 4.69) is 15.7 Å². The molecule has 0 spiro atoms. The number of aromatic nitrogens is 1. The maximum Gasteiger partial charge on any atom is 0.107 e. The molecule has 1 unspecified atom stereocenters. The van der Waals surface area contributed by atoms with Gasteiger partial charge < -0.3 is 5.32 Å². The molecule has 1 heterocycles. The Kier molecular flexibility index (Phi) is 3.42. The molecule has 1 fully saturated rings. The lowest BCUT2D eigenvalue weighted by Crippen LogP contribution is -2.24. The summed E-state index contributed by atoms with van der Waals surface area (Å²) >= 11 is 7.88. The molecule has 1 aromatic heterocycles. The standard InChI is InChI=1S/C10H15ClN2S/c1-7-6-14-10(13-7)5-12-4-9(11)8-2-3-8/h6,8-9,12H,2-5H2,1H3. The first-order valence-electron chi connectivity index (χ1n) is 5.01. The lowest BCUT2D eigenvalue weighted by Gasteiger charge is -2.07. The van der Waals surface area contributed by atoms with Crippen LogP contribution in [0.25, 0.3) is 0 Å². The van der Waals surface area contributed by atoms with E-state index in [0.29, 0.717) is 5.38 Å². The molecule has 14 heavy (non-hydrogen) atoms. The zero-order chi connectivity index (χ0) is 9.97. The highest BCUT2D eigenvalue weighted by Crippen LogP contribution is 2.35. The van der Waals surface area contributed by atoms with E-state index in [1.807, 2.05) is 6.92 Å². The molecule has 78 valence electrons. The second-order valence-corrected chi connectivity index (χ2v) is 5.37. The summed E-state index contributed by atoms with van der Waals surface area (Å²) in [7, 11) is 0. The Morgan fingerprint density at radius 3 is 3.07 bits per heavy atom. The van der Waals surface area contributed by atoms with Crippen LogP contribution in [-0.2, 0) is 6.54 Å². The van der Waals surface area contributed by atoms with Gasteiger partial charge in [-0.05, 0) is 25.7 Å². The Morgan fingerprint density at radius 1 is 1.71 bits per heavy atom. The predicted octanol–water partition coefficient (Wildman–Crippen LogP) is 2.56. The van der Waals surface area contributed by atoms with Gasteiger partial charge in [-0.15, -0.1) is 22.9 Å². The van der Waals surface area contributed by atoms with Crippen LogP contribution in [0.5, 0.6) is 0 Å². The minimum absolute atomic E-state index is 0.316. The largest absolute Gasteiger partial charge is 0.309 e. The number of hydrogen-bond acceptors (Lipinski definition) is 3. The van der Waals surface area contributed by atoms with Gasteiger partial charge in [0, 0.05) is 29.5 Å². The summed E-state index contributed by atoms with van der Waals surface area (Å²) in [6.07, 6.45) is 2.62. The summed E-state index contributed by atoms with van der Waals surface area (Å²) in [5.74, 6) is 0.766. The van der Waals surface area contributed by atoms with Crippen LogP contribution < -0.4 is 5.32 Å². The molecule has 4 heteroatoms. The Morgan fingerprint density at radius 2 is 2.50 bits per heavy atom. The quantitative estimate of drug-likeness (QED) is 0.787. The van der Waals surface area contributed by atoms with Crippen molar-refractivity contribution in [2.24, 2.45) is 5.92 Å². The SMILES string of the molecule is Cc1csc(CNCC(Cl)C2CC2)n1. The van der Waals surface area contributed by atoms with Crippen molar-refractivity contribution in [2.45, 2.75) is 31.7 Å². The number of rotatable bonds is 5. The molecule has 1 atom stereocenters. The third-order valence-electron chi connectivity index (χ3n) is 2.42. The number of hydrogen-bond donors (Lipinski definition) is 1. The predicted molar refractivity (Wildman–Crippen MR) is 60.9 cm³/mol. The van der Waals surface area contributed by atoms with Crippen LogP contribution in [0.1, 0.15) is 23.5 Å². The normalized spacial score (nSPS) is 18.4. The van der Waals surface area contributed by atoms with Gasteiger partial charge in [-0.3, -0.25) is 0 Å².